The zero-order valence-electron chi connectivity index (χ0n) is 13.4. The number of nitrogens with zero attached hydrogens (tertiary/aromatic N) is 1. The fourth-order valence-corrected chi connectivity index (χ4v) is 3.20. The van der Waals surface area contributed by atoms with E-state index < -0.39 is 11.9 Å². The second kappa shape index (κ2) is 8.44. The van der Waals surface area contributed by atoms with E-state index in [1.54, 1.807) is 0 Å². The molecule has 1 aliphatic heterocycles. The molecule has 23 heavy (non-hydrogen) atoms. The average Bonchev–Trinajstić information content (AvgIpc) is 3.12. The predicted octanol–water partition coefficient (Wildman–Crippen LogP) is 0.748. The third kappa shape index (κ3) is 4.11. The van der Waals surface area contributed by atoms with Crippen molar-refractivity contribution in [3.63, 3.8) is 0 Å². The molecule has 0 bridgehead atoms. The molecule has 0 aromatic heterocycles. The van der Waals surface area contributed by atoms with Gasteiger partial charge in [0.05, 0.1) is 0 Å². The van der Waals surface area contributed by atoms with Gasteiger partial charge in [0.15, 0.2) is 0 Å². The summed E-state index contributed by atoms with van der Waals surface area (Å²) < 4.78 is 15.3. The Kier molecular flexibility index (Phi) is 6.58. The zero-order valence-corrected chi connectivity index (χ0v) is 14.7. The summed E-state index contributed by atoms with van der Waals surface area (Å²) >= 11 is 2.68. The van der Waals surface area contributed by atoms with Crippen molar-refractivity contribution in [2.75, 3.05) is 40.5 Å². The van der Waals surface area contributed by atoms with Crippen LogP contribution in [0.3, 0.4) is 0 Å². The van der Waals surface area contributed by atoms with E-state index in [2.05, 4.69) is 26.8 Å². The first kappa shape index (κ1) is 17.9. The maximum absolute atomic E-state index is 12.4. The molecule has 1 fully saturated rings. The van der Waals surface area contributed by atoms with E-state index in [1.807, 2.05) is 0 Å². The summed E-state index contributed by atoms with van der Waals surface area (Å²) in [6.45, 7) is 2.52. The van der Waals surface area contributed by atoms with Gasteiger partial charge in [-0.25, -0.2) is 0 Å². The Morgan fingerprint density at radius 2 is 1.83 bits per heavy atom. The van der Waals surface area contributed by atoms with E-state index in [4.69, 9.17) is 14.2 Å². The van der Waals surface area contributed by atoms with Gasteiger partial charge in [-0.05, 0) is 0 Å². The maximum atomic E-state index is 12.4. The summed E-state index contributed by atoms with van der Waals surface area (Å²) in [6.07, 6.45) is 5.01. The topological polar surface area (TPSA) is 65.1 Å². The number of hydrogen-bond acceptors (Lipinski definition) is 6. The molecule has 7 heteroatoms. The Morgan fingerprint density at radius 3 is 2.35 bits per heavy atom. The van der Waals surface area contributed by atoms with Crippen LogP contribution in [0.5, 0.6) is 0 Å². The number of esters is 2. The second-order valence-electron chi connectivity index (χ2n) is 5.26. The summed E-state index contributed by atoms with van der Waals surface area (Å²) in [5, 5.41) is 0. The molecule has 0 aromatic rings. The second-order valence-corrected chi connectivity index (χ2v) is 5.89. The van der Waals surface area contributed by atoms with Crippen molar-refractivity contribution >= 4 is 16.3 Å². The van der Waals surface area contributed by atoms with Crippen LogP contribution >= 0.6 is 0 Å². The molecule has 0 saturated carbocycles. The van der Waals surface area contributed by atoms with Gasteiger partial charge in [0.1, 0.15) is 0 Å². The third-order valence-electron chi connectivity index (χ3n) is 3.90. The summed E-state index contributed by atoms with van der Waals surface area (Å²) in [5.74, 6) is -1.12. The first-order valence-electron chi connectivity index (χ1n) is 7.57. The minimum atomic E-state index is -0.574. The van der Waals surface area contributed by atoms with E-state index in [9.17, 15) is 9.59 Å². The van der Waals surface area contributed by atoms with Gasteiger partial charge >= 0.3 is 144 Å². The molecule has 0 atom stereocenters. The molecule has 0 radical (unpaired) electrons. The van der Waals surface area contributed by atoms with Crippen LogP contribution in [0.4, 0.5) is 0 Å². The molecule has 0 spiro atoms. The summed E-state index contributed by atoms with van der Waals surface area (Å²) in [7, 11) is 2.60. The van der Waals surface area contributed by atoms with Crippen LogP contribution in [0.2, 0.25) is 0 Å². The van der Waals surface area contributed by atoms with Crippen LogP contribution in [0.15, 0.2) is 22.9 Å². The first-order chi connectivity index (χ1) is 11.1. The number of ether oxygens (including phenoxy) is 3. The molecule has 2 aliphatic rings. The fraction of sp³-hybridized carbons (Fsp3) is 0.562. The van der Waals surface area contributed by atoms with E-state index in [-0.39, 0.29) is 9.95 Å². The monoisotopic (exact) mass is 359 g/mol. The van der Waals surface area contributed by atoms with Crippen molar-refractivity contribution in [3.8, 4) is 0 Å². The number of carbonyl (C=O) groups is 2. The van der Waals surface area contributed by atoms with E-state index in [0.29, 0.717) is 26.3 Å². The van der Waals surface area contributed by atoms with Crippen LogP contribution in [-0.4, -0.2) is 61.7 Å². The summed E-state index contributed by atoms with van der Waals surface area (Å²) in [5.41, 5.74) is 2.08. The Morgan fingerprint density at radius 1 is 1.17 bits per heavy atom. The molecule has 0 aromatic carbocycles. The van der Waals surface area contributed by atoms with Crippen LogP contribution in [-0.2, 0) is 39.7 Å². The van der Waals surface area contributed by atoms with E-state index >= 15 is 0 Å². The Bertz CT molecular complexity index is 561. The van der Waals surface area contributed by atoms with Gasteiger partial charge in [0, 0.05) is 0 Å². The predicted molar refractivity (Wildman–Crippen MR) is 80.4 cm³/mol. The van der Waals surface area contributed by atoms with Crippen LogP contribution in [0.25, 0.3) is 0 Å². The van der Waals surface area contributed by atoms with Gasteiger partial charge in [-0.1, -0.05) is 0 Å². The molecule has 0 unspecified atom stereocenters. The molecule has 1 saturated heterocycles. The van der Waals surface area contributed by atoms with Crippen LogP contribution in [0, 0.1) is 0 Å². The van der Waals surface area contributed by atoms with Crippen LogP contribution in [0.1, 0.15) is 19.3 Å². The first-order valence-corrected chi connectivity index (χ1v) is 8.21. The molecule has 1 aliphatic carbocycles. The number of carbonyl (C=O) groups excluding carboxylic acids is 2. The van der Waals surface area contributed by atoms with Gasteiger partial charge in [0.25, 0.3) is 0 Å². The summed E-state index contributed by atoms with van der Waals surface area (Å²) in [6, 6.07) is 0. The Labute approximate surface area is 144 Å². The Hall–Kier alpha value is -1.42. The zero-order chi connectivity index (χ0) is 16.8. The quantitative estimate of drug-likeness (QED) is 0.533. The van der Waals surface area contributed by atoms with Crippen LogP contribution < -0.4 is 0 Å². The molecule has 0 amide bonds. The number of hydrogen-bond donors (Lipinski definition) is 0. The van der Waals surface area contributed by atoms with E-state index in [0.717, 1.165) is 30.5 Å². The molecule has 2 rings (SSSR count). The third-order valence-corrected chi connectivity index (χ3v) is 4.48. The molecule has 6 nitrogen and oxygen atoms in total. The number of methoxy groups -OCH3 is 2. The van der Waals surface area contributed by atoms with Crippen molar-refractivity contribution < 1.29 is 39.7 Å². The molecule has 0 N–H and O–H groups in total. The number of rotatable bonds is 5. The van der Waals surface area contributed by atoms with Gasteiger partial charge in [-0.3, -0.25) is 0 Å². The summed E-state index contributed by atoms with van der Waals surface area (Å²) in [4.78, 5) is 26.5. The molecule has 126 valence electrons. The SMILES string of the molecule is COC(=O)[C](=[Cr])/C(C(=O)OC)=C(\C1=CCCC1)N1CCOCC1. The van der Waals surface area contributed by atoms with Crippen molar-refractivity contribution in [2.45, 2.75) is 19.3 Å². The standard InChI is InChI=1S/C16H21NO5.Cr/c1-20-14(18)11-13(16(19)21-2)15(12-5-3-4-6-12)17-7-9-22-10-8-17;/h5H,3-4,6-10H2,1-2H3;/b15-13-;. The number of allylic oxidation sites excluding steroid dienone is 2. The van der Waals surface area contributed by atoms with Crippen molar-refractivity contribution in [1.82, 2.24) is 4.90 Å². The van der Waals surface area contributed by atoms with Crippen molar-refractivity contribution in [2.24, 2.45) is 0 Å². The normalized spacial score (nSPS) is 18.9. The van der Waals surface area contributed by atoms with Gasteiger partial charge in [-0.2, -0.15) is 0 Å². The molecular formula is C16H21CrNO5. The van der Waals surface area contributed by atoms with E-state index in [1.165, 1.54) is 14.2 Å². The Balaban J connectivity index is 2.54. The van der Waals surface area contributed by atoms with Gasteiger partial charge < -0.3 is 0 Å². The number of morpholine rings is 1. The van der Waals surface area contributed by atoms with Crippen molar-refractivity contribution in [1.29, 1.82) is 0 Å². The molecular weight excluding hydrogens is 338 g/mol. The van der Waals surface area contributed by atoms with Gasteiger partial charge in [0.2, 0.25) is 0 Å². The fourth-order valence-electron chi connectivity index (χ4n) is 2.79. The average molecular weight is 359 g/mol. The molecule has 1 heterocycles. The minimum absolute atomic E-state index is 0.147. The van der Waals surface area contributed by atoms with Crippen molar-refractivity contribution in [3.05, 3.63) is 22.9 Å². The van der Waals surface area contributed by atoms with Gasteiger partial charge in [-0.15, -0.1) is 0 Å².